The summed E-state index contributed by atoms with van der Waals surface area (Å²) >= 11 is 0. The van der Waals surface area contributed by atoms with Crippen molar-refractivity contribution in [1.82, 2.24) is 0 Å². The molecule has 4 nitrogen and oxygen atoms in total. The fourth-order valence-electron chi connectivity index (χ4n) is 1.62. The molecule has 0 amide bonds. The standard InChI is InChI=1S/C11H13NO3/c1-2-14-11(13)15-10-7-12-9-6-4-3-5-8(9)10/h3-6,10,12H,2,7H2,1H3/t10-/m0/s1. The van der Waals surface area contributed by atoms with Gasteiger partial charge in [-0.1, -0.05) is 18.2 Å². The maximum atomic E-state index is 11.1. The Labute approximate surface area is 88.2 Å². The van der Waals surface area contributed by atoms with Gasteiger partial charge in [-0.3, -0.25) is 0 Å². The SMILES string of the molecule is CCOC(=O)O[C@H]1CNc2ccccc21. The first-order valence-electron chi connectivity index (χ1n) is 4.97. The van der Waals surface area contributed by atoms with E-state index in [1.165, 1.54) is 0 Å². The minimum atomic E-state index is -0.610. The van der Waals surface area contributed by atoms with Gasteiger partial charge in [0.15, 0.2) is 0 Å². The van der Waals surface area contributed by atoms with Gasteiger partial charge in [0.05, 0.1) is 13.2 Å². The molecular weight excluding hydrogens is 194 g/mol. The molecule has 1 atom stereocenters. The molecule has 4 heteroatoms. The molecule has 0 saturated heterocycles. The lowest BCUT2D eigenvalue weighted by Crippen LogP contribution is -2.14. The van der Waals surface area contributed by atoms with Gasteiger partial charge in [0, 0.05) is 11.3 Å². The van der Waals surface area contributed by atoms with E-state index in [4.69, 9.17) is 9.47 Å². The van der Waals surface area contributed by atoms with Crippen molar-refractivity contribution in [3.8, 4) is 0 Å². The number of anilines is 1. The maximum absolute atomic E-state index is 11.1. The number of carbonyl (C=O) groups is 1. The van der Waals surface area contributed by atoms with Crippen LogP contribution in [0.25, 0.3) is 0 Å². The van der Waals surface area contributed by atoms with E-state index in [0.29, 0.717) is 13.2 Å². The van der Waals surface area contributed by atoms with E-state index in [1.807, 2.05) is 24.3 Å². The van der Waals surface area contributed by atoms with Crippen LogP contribution in [0.4, 0.5) is 10.5 Å². The third kappa shape index (κ3) is 2.03. The van der Waals surface area contributed by atoms with Gasteiger partial charge in [-0.05, 0) is 13.0 Å². The third-order valence-electron chi connectivity index (χ3n) is 2.29. The lowest BCUT2D eigenvalue weighted by atomic mass is 10.1. The molecule has 1 aliphatic heterocycles. The van der Waals surface area contributed by atoms with Crippen molar-refractivity contribution in [2.24, 2.45) is 0 Å². The highest BCUT2D eigenvalue weighted by atomic mass is 16.7. The van der Waals surface area contributed by atoms with Gasteiger partial charge in [0.2, 0.25) is 0 Å². The van der Waals surface area contributed by atoms with Crippen LogP contribution >= 0.6 is 0 Å². The number of carbonyl (C=O) groups excluding carboxylic acids is 1. The van der Waals surface area contributed by atoms with Crippen molar-refractivity contribution in [3.63, 3.8) is 0 Å². The van der Waals surface area contributed by atoms with Crippen molar-refractivity contribution >= 4 is 11.8 Å². The van der Waals surface area contributed by atoms with Gasteiger partial charge in [0.1, 0.15) is 6.10 Å². The summed E-state index contributed by atoms with van der Waals surface area (Å²) in [5.74, 6) is 0. The smallest absolute Gasteiger partial charge is 0.435 e. The summed E-state index contributed by atoms with van der Waals surface area (Å²) in [7, 11) is 0. The Balaban J connectivity index is 2.04. The number of hydrogen-bond acceptors (Lipinski definition) is 4. The fourth-order valence-corrected chi connectivity index (χ4v) is 1.62. The molecule has 15 heavy (non-hydrogen) atoms. The van der Waals surface area contributed by atoms with Crippen LogP contribution in [0.2, 0.25) is 0 Å². The summed E-state index contributed by atoms with van der Waals surface area (Å²) in [4.78, 5) is 11.1. The Hall–Kier alpha value is -1.71. The van der Waals surface area contributed by atoms with E-state index in [-0.39, 0.29) is 6.10 Å². The topological polar surface area (TPSA) is 47.6 Å². The van der Waals surface area contributed by atoms with Crippen molar-refractivity contribution in [1.29, 1.82) is 0 Å². The van der Waals surface area contributed by atoms with Crippen LogP contribution in [-0.4, -0.2) is 19.3 Å². The number of ether oxygens (including phenoxy) is 2. The first kappa shape index (κ1) is 9.83. The third-order valence-corrected chi connectivity index (χ3v) is 2.29. The zero-order valence-corrected chi connectivity index (χ0v) is 8.53. The van der Waals surface area contributed by atoms with Crippen molar-refractivity contribution in [2.45, 2.75) is 13.0 Å². The quantitative estimate of drug-likeness (QED) is 0.756. The van der Waals surface area contributed by atoms with E-state index in [1.54, 1.807) is 6.92 Å². The van der Waals surface area contributed by atoms with Gasteiger partial charge in [-0.15, -0.1) is 0 Å². The number of para-hydroxylation sites is 1. The van der Waals surface area contributed by atoms with Crippen LogP contribution in [0, 0.1) is 0 Å². The predicted octanol–water partition coefficient (Wildman–Crippen LogP) is 2.33. The van der Waals surface area contributed by atoms with E-state index >= 15 is 0 Å². The second-order valence-corrected chi connectivity index (χ2v) is 3.26. The number of benzene rings is 1. The lowest BCUT2D eigenvalue weighted by molar-refractivity contribution is 0.0319. The van der Waals surface area contributed by atoms with Gasteiger partial charge < -0.3 is 14.8 Å². The Morgan fingerprint density at radius 2 is 2.33 bits per heavy atom. The Kier molecular flexibility index (Phi) is 2.76. The highest BCUT2D eigenvalue weighted by Gasteiger charge is 2.25. The van der Waals surface area contributed by atoms with Crippen LogP contribution in [-0.2, 0) is 9.47 Å². The van der Waals surface area contributed by atoms with Crippen molar-refractivity contribution < 1.29 is 14.3 Å². The lowest BCUT2D eigenvalue weighted by Gasteiger charge is -2.11. The van der Waals surface area contributed by atoms with Crippen LogP contribution in [0.15, 0.2) is 24.3 Å². The molecule has 1 aromatic rings. The molecular formula is C11H13NO3. The Morgan fingerprint density at radius 1 is 1.53 bits per heavy atom. The molecule has 0 fully saturated rings. The normalized spacial score (nSPS) is 17.8. The summed E-state index contributed by atoms with van der Waals surface area (Å²) in [5.41, 5.74) is 2.03. The minimum absolute atomic E-state index is 0.236. The molecule has 0 unspecified atom stereocenters. The number of rotatable bonds is 2. The number of fused-ring (bicyclic) bond motifs is 1. The van der Waals surface area contributed by atoms with Crippen LogP contribution in [0.1, 0.15) is 18.6 Å². The Morgan fingerprint density at radius 3 is 3.13 bits per heavy atom. The predicted molar refractivity (Wildman–Crippen MR) is 55.8 cm³/mol. The first-order valence-corrected chi connectivity index (χ1v) is 4.97. The largest absolute Gasteiger partial charge is 0.508 e. The number of nitrogens with one attached hydrogen (secondary N) is 1. The molecule has 1 aromatic carbocycles. The van der Waals surface area contributed by atoms with Crippen LogP contribution < -0.4 is 5.32 Å². The van der Waals surface area contributed by atoms with Crippen molar-refractivity contribution in [2.75, 3.05) is 18.5 Å². The molecule has 80 valence electrons. The molecule has 0 spiro atoms. The zero-order chi connectivity index (χ0) is 10.7. The average molecular weight is 207 g/mol. The second kappa shape index (κ2) is 4.21. The van der Waals surface area contributed by atoms with Gasteiger partial charge >= 0.3 is 6.16 Å². The average Bonchev–Trinajstić information content (AvgIpc) is 2.62. The number of hydrogen-bond donors (Lipinski definition) is 1. The first-order chi connectivity index (χ1) is 7.31. The molecule has 0 aliphatic carbocycles. The minimum Gasteiger partial charge on any atom is -0.435 e. The van der Waals surface area contributed by atoms with Crippen molar-refractivity contribution in [3.05, 3.63) is 29.8 Å². The summed E-state index contributed by atoms with van der Waals surface area (Å²) < 4.78 is 9.88. The fraction of sp³-hybridized carbons (Fsp3) is 0.364. The second-order valence-electron chi connectivity index (χ2n) is 3.26. The molecule has 0 radical (unpaired) electrons. The molecule has 1 N–H and O–H groups in total. The van der Waals surface area contributed by atoms with Gasteiger partial charge in [0.25, 0.3) is 0 Å². The highest BCUT2D eigenvalue weighted by Crippen LogP contribution is 2.31. The molecule has 2 rings (SSSR count). The van der Waals surface area contributed by atoms with E-state index in [9.17, 15) is 4.79 Å². The van der Waals surface area contributed by atoms with E-state index in [0.717, 1.165) is 11.3 Å². The molecule has 0 saturated carbocycles. The van der Waals surface area contributed by atoms with E-state index in [2.05, 4.69) is 5.32 Å². The van der Waals surface area contributed by atoms with Crippen LogP contribution in [0.5, 0.6) is 0 Å². The highest BCUT2D eigenvalue weighted by molar-refractivity contribution is 5.63. The van der Waals surface area contributed by atoms with Crippen LogP contribution in [0.3, 0.4) is 0 Å². The van der Waals surface area contributed by atoms with Gasteiger partial charge in [-0.25, -0.2) is 4.79 Å². The summed E-state index contributed by atoms with van der Waals surface area (Å²) in [6, 6.07) is 7.77. The molecule has 1 heterocycles. The maximum Gasteiger partial charge on any atom is 0.508 e. The monoisotopic (exact) mass is 207 g/mol. The molecule has 0 bridgehead atoms. The summed E-state index contributed by atoms with van der Waals surface area (Å²) in [5, 5.41) is 3.16. The molecule has 1 aliphatic rings. The summed E-state index contributed by atoms with van der Waals surface area (Å²) in [6.45, 7) is 2.70. The van der Waals surface area contributed by atoms with E-state index < -0.39 is 6.16 Å². The molecule has 0 aromatic heterocycles. The van der Waals surface area contributed by atoms with Gasteiger partial charge in [-0.2, -0.15) is 0 Å². The Bertz CT molecular complexity index is 365. The summed E-state index contributed by atoms with van der Waals surface area (Å²) in [6.07, 6.45) is -0.846. The zero-order valence-electron chi connectivity index (χ0n) is 8.53.